The minimum Gasteiger partial charge on any atom is -0.447 e. The van der Waals surface area contributed by atoms with Crippen molar-refractivity contribution in [3.8, 4) is 0 Å². The molecule has 3 rings (SSSR count). The molecule has 1 aromatic heterocycles. The lowest BCUT2D eigenvalue weighted by Crippen LogP contribution is -2.47. The molecular weight excluding hydrogens is 935 g/mol. The van der Waals surface area contributed by atoms with Crippen molar-refractivity contribution in [3.63, 3.8) is 0 Å². The lowest BCUT2D eigenvalue weighted by molar-refractivity contribution is 0.0476. The summed E-state index contributed by atoms with van der Waals surface area (Å²) in [6.07, 6.45) is -1.43. The Balaban J connectivity index is -0.00000104. The maximum Gasteiger partial charge on any atom is 0.412 e. The number of amides is 4. The number of ether oxygens (including phenoxy) is 3. The minimum absolute atomic E-state index is 0. The van der Waals surface area contributed by atoms with Crippen LogP contribution >= 0.6 is 52.1 Å². The number of aromatic nitrogens is 1. The zero-order valence-corrected chi connectivity index (χ0v) is 41.8. The molecule has 0 saturated heterocycles. The highest BCUT2D eigenvalue weighted by atomic mass is 35.5. The van der Waals surface area contributed by atoms with Crippen molar-refractivity contribution in [2.45, 2.75) is 104 Å². The summed E-state index contributed by atoms with van der Waals surface area (Å²) in [7, 11) is 1.38. The van der Waals surface area contributed by atoms with Crippen molar-refractivity contribution in [2.75, 3.05) is 45.2 Å². The van der Waals surface area contributed by atoms with Crippen LogP contribution in [0.4, 0.5) is 33.4 Å². The molecule has 368 valence electrons. The first kappa shape index (κ1) is 64.8. The van der Waals surface area contributed by atoms with Gasteiger partial charge in [0.1, 0.15) is 29.4 Å². The average molecular weight is 1000 g/mol. The Bertz CT molecular complexity index is 1940. The number of aliphatic hydroxyl groups is 1. The molecule has 1 heterocycles. The van der Waals surface area contributed by atoms with Gasteiger partial charge in [-0.05, 0) is 83.5 Å². The van der Waals surface area contributed by atoms with Gasteiger partial charge in [0.25, 0.3) is 12.3 Å². The first-order valence-electron chi connectivity index (χ1n) is 19.6. The fourth-order valence-electron chi connectivity index (χ4n) is 4.79. The van der Waals surface area contributed by atoms with Gasteiger partial charge in [0, 0.05) is 42.7 Å². The number of alkyl halides is 2. The maximum absolute atomic E-state index is 13.8. The van der Waals surface area contributed by atoms with Gasteiger partial charge in [-0.3, -0.25) is 10.1 Å². The number of alkyl carbamates (subject to hydrolysis) is 2. The molecule has 2 aromatic carbocycles. The van der Waals surface area contributed by atoms with E-state index in [1.165, 1.54) is 19.2 Å². The number of azide groups is 1. The van der Waals surface area contributed by atoms with Crippen LogP contribution in [0.3, 0.4) is 0 Å². The predicted molar refractivity (Wildman–Crippen MR) is 262 cm³/mol. The van der Waals surface area contributed by atoms with E-state index in [1.54, 1.807) is 53.8 Å². The Hall–Kier alpha value is -4.51. The molecule has 24 heteroatoms. The summed E-state index contributed by atoms with van der Waals surface area (Å²) in [6, 6.07) is 11.7. The van der Waals surface area contributed by atoms with Gasteiger partial charge in [-0.1, -0.05) is 60.9 Å². The molecule has 65 heavy (non-hydrogen) atoms. The molecule has 3 aromatic rings. The van der Waals surface area contributed by atoms with Gasteiger partial charge in [-0.25, -0.2) is 32.5 Å². The lowest BCUT2D eigenvalue weighted by atomic mass is 10.1. The van der Waals surface area contributed by atoms with E-state index in [0.717, 1.165) is 21.7 Å². The second-order valence-corrected chi connectivity index (χ2v) is 15.8. The second kappa shape index (κ2) is 33.0. The third-order valence-electron chi connectivity index (χ3n) is 8.01. The van der Waals surface area contributed by atoms with E-state index < -0.39 is 60.2 Å². The molecule has 17 nitrogen and oxygen atoms in total. The van der Waals surface area contributed by atoms with Crippen LogP contribution < -0.4 is 21.3 Å². The van der Waals surface area contributed by atoms with Crippen LogP contribution in [0.15, 0.2) is 59.8 Å². The zero-order chi connectivity index (χ0) is 47.0. The molecule has 0 unspecified atom stereocenters. The summed E-state index contributed by atoms with van der Waals surface area (Å²) in [4.78, 5) is 55.6. The normalized spacial score (nSPS) is 11.9. The van der Waals surface area contributed by atoms with Gasteiger partial charge in [-0.15, -0.1) is 0 Å². The number of pyridine rings is 1. The molecule has 0 fully saturated rings. The first-order chi connectivity index (χ1) is 29.0. The smallest absolute Gasteiger partial charge is 0.412 e. The molecule has 0 radical (unpaired) electrons. The largest absolute Gasteiger partial charge is 0.447 e. The Morgan fingerprint density at radius 1 is 0.877 bits per heavy atom. The summed E-state index contributed by atoms with van der Waals surface area (Å²) >= 11 is 5.90. The van der Waals surface area contributed by atoms with Gasteiger partial charge in [0.05, 0.1) is 35.8 Å². The molecule has 0 aliphatic carbocycles. The topological polar surface area (TPSA) is 229 Å². The number of carbonyl (C=O) groups excluding carboxylic acids is 4. The van der Waals surface area contributed by atoms with E-state index >= 15 is 0 Å². The number of nitrogens with one attached hydrogen (secondary N) is 4. The highest BCUT2D eigenvalue weighted by molar-refractivity contribution is 7.59. The number of benzene rings is 2. The summed E-state index contributed by atoms with van der Waals surface area (Å²) in [5.41, 5.74) is 7.04. The van der Waals surface area contributed by atoms with E-state index in [2.05, 4.69) is 36.3 Å². The van der Waals surface area contributed by atoms with Crippen LogP contribution in [0.5, 0.6) is 0 Å². The van der Waals surface area contributed by atoms with E-state index in [9.17, 15) is 32.3 Å². The molecule has 0 saturated carbocycles. The summed E-state index contributed by atoms with van der Waals surface area (Å²) in [5, 5.41) is 23.8. The Morgan fingerprint density at radius 3 is 1.94 bits per heavy atom. The first-order valence-corrected chi connectivity index (χ1v) is 20.0. The monoisotopic (exact) mass is 999 g/mol. The van der Waals surface area contributed by atoms with Crippen LogP contribution in [0, 0.1) is 5.82 Å². The van der Waals surface area contributed by atoms with Crippen LogP contribution in [-0.4, -0.2) is 115 Å². The third kappa shape index (κ3) is 27.5. The molecule has 0 spiro atoms. The van der Waals surface area contributed by atoms with E-state index in [0.29, 0.717) is 12.8 Å². The number of halogens is 4. The van der Waals surface area contributed by atoms with Crippen LogP contribution in [-0.2, 0) is 14.2 Å². The molecule has 0 bridgehead atoms. The van der Waals surface area contributed by atoms with Gasteiger partial charge in [0.15, 0.2) is 0 Å². The van der Waals surface area contributed by atoms with Crippen molar-refractivity contribution < 1.29 is 51.7 Å². The van der Waals surface area contributed by atoms with Crippen molar-refractivity contribution >= 4 is 92.9 Å². The Morgan fingerprint density at radius 2 is 1.43 bits per heavy atom. The van der Waals surface area contributed by atoms with E-state index in [4.69, 9.17) is 36.4 Å². The molecule has 5 N–H and O–H groups in total. The minimum atomic E-state index is -2.61. The van der Waals surface area contributed by atoms with Gasteiger partial charge in [0.2, 0.25) is 0 Å². The number of nitrogens with zero attached hydrogens (tertiary/aromatic N) is 5. The van der Waals surface area contributed by atoms with Crippen molar-refractivity contribution in [3.05, 3.63) is 81.6 Å². The zero-order valence-electron chi connectivity index (χ0n) is 38.0. The summed E-state index contributed by atoms with van der Waals surface area (Å²) < 4.78 is 54.2. The fraction of sp³-hybridized carbons (Fsp3) is 0.537. The number of aliphatic hydroxyl groups excluding tert-OH is 1. The average Bonchev–Trinajstić information content (AvgIpc) is 3.19. The highest BCUT2D eigenvalue weighted by Gasteiger charge is 2.26. The summed E-state index contributed by atoms with van der Waals surface area (Å²) in [5.74, 6) is -1.17. The van der Waals surface area contributed by atoms with Crippen LogP contribution in [0.1, 0.15) is 78.6 Å². The molecule has 0 aliphatic heterocycles. The maximum atomic E-state index is 13.8. The number of hydrogen-bond acceptors (Lipinski definition) is 11. The van der Waals surface area contributed by atoms with Gasteiger partial charge >= 0.3 is 18.3 Å². The highest BCUT2D eigenvalue weighted by Crippen LogP contribution is 2.22. The van der Waals surface area contributed by atoms with Crippen molar-refractivity contribution in [1.82, 2.24) is 25.8 Å². The number of fused-ring (bicyclic) bond motifs is 1. The summed E-state index contributed by atoms with van der Waals surface area (Å²) in [6.45, 7) is 13.7. The van der Waals surface area contributed by atoms with Gasteiger partial charge < -0.3 is 40.2 Å². The Labute approximate surface area is 404 Å². The molecule has 4 amide bonds. The van der Waals surface area contributed by atoms with E-state index in [-0.39, 0.29) is 95.3 Å². The van der Waals surface area contributed by atoms with E-state index in [1.807, 2.05) is 38.1 Å². The number of anilines is 1. The van der Waals surface area contributed by atoms with Crippen LogP contribution in [0.2, 0.25) is 5.02 Å². The van der Waals surface area contributed by atoms with Gasteiger partial charge in [-0.2, -0.15) is 40.5 Å². The third-order valence-corrected chi connectivity index (χ3v) is 8.39. The number of carbonyl (C=O) groups is 4. The SMILES string of the molecule is CC[C@H](CN=[N+]=[N-])NC(=O)OC(C)(C)C.CC[C@H](CO)NC(=O)OC(C)(C)C.CN(C(=O)c1cccc(F)c1Cl)[C@@H](CNCC(F)F)COC(=O)Nc1cc2ccccc2cn1.S.S.S. The molecule has 0 aliphatic rings. The fourth-order valence-corrected chi connectivity index (χ4v) is 5.00. The van der Waals surface area contributed by atoms with Crippen molar-refractivity contribution in [2.24, 2.45) is 5.11 Å². The second-order valence-electron chi connectivity index (χ2n) is 15.5. The standard InChI is InChI=1S/C23H22ClF3N4O3.C9H18N4O2.C9H19NO3.3H2S/c1-31(22(32)17-7-4-8-18(25)21(17)24)16(11-28-12-19(26)27)13-34-23(33)30-20-9-14-5-2-3-6-15(14)10-29-20;1-5-7(6-11-13-10)12-8(14)15-9(2,3)4;1-5-7(6-11)10-8(12)13-9(2,3)4;;;/h2-10,16,19,28H,11-13H2,1H3,(H,29,30,33);7H,5-6H2,1-4H3,(H,12,14);7,11H,5-6H2,1-4H3,(H,10,12);3*1H2/t16-;2*7-;;;/m011.../s1. The number of likely N-dealkylation sites (N-methyl/N-ethyl adjacent to an activating group) is 1. The number of rotatable bonds is 16. The lowest BCUT2D eigenvalue weighted by Gasteiger charge is -2.28. The number of hydrogen-bond donors (Lipinski definition) is 5. The predicted octanol–water partition coefficient (Wildman–Crippen LogP) is 8.79. The Kier molecular flexibility index (Phi) is 32.9. The quantitative estimate of drug-likeness (QED) is 0.0396. The molecule has 3 atom stereocenters. The van der Waals surface area contributed by atoms with Crippen molar-refractivity contribution in [1.29, 1.82) is 0 Å². The molecular formula is C41H65ClF3N9O8S3. The van der Waals surface area contributed by atoms with Crippen LogP contribution in [0.25, 0.3) is 21.2 Å².